The number of carboxylic acid groups (broad SMARTS) is 1. The van der Waals surface area contributed by atoms with Crippen LogP contribution < -0.4 is 5.32 Å². The highest BCUT2D eigenvalue weighted by molar-refractivity contribution is 5.88. The van der Waals surface area contributed by atoms with Gasteiger partial charge in [-0.2, -0.15) is 0 Å². The molecule has 2 atom stereocenters. The van der Waals surface area contributed by atoms with E-state index < -0.39 is 35.4 Å². The maximum atomic E-state index is 13.0. The van der Waals surface area contributed by atoms with E-state index in [0.29, 0.717) is 6.42 Å². The summed E-state index contributed by atoms with van der Waals surface area (Å²) in [4.78, 5) is 37.2. The van der Waals surface area contributed by atoms with Crippen LogP contribution in [0, 0.1) is 11.8 Å². The predicted molar refractivity (Wildman–Crippen MR) is 141 cm³/mol. The minimum absolute atomic E-state index is 0.0987. The number of hydrogen-bond acceptors (Lipinski definition) is 4. The van der Waals surface area contributed by atoms with Crippen LogP contribution in [0.4, 0.5) is 0 Å². The first-order chi connectivity index (χ1) is 16.9. The Balaban J connectivity index is 1.72. The fourth-order valence-electron chi connectivity index (χ4n) is 4.49. The lowest BCUT2D eigenvalue weighted by atomic mass is 9.97. The fourth-order valence-corrected chi connectivity index (χ4v) is 4.49. The molecule has 2 aromatic carbocycles. The second kappa shape index (κ2) is 11.5. The monoisotopic (exact) mass is 491 g/mol. The van der Waals surface area contributed by atoms with Crippen LogP contribution >= 0.6 is 0 Å². The van der Waals surface area contributed by atoms with E-state index in [1.807, 2.05) is 38.1 Å². The van der Waals surface area contributed by atoms with Crippen LogP contribution in [0.5, 0.6) is 0 Å². The number of benzene rings is 2. The Bertz CT molecular complexity index is 1140. The zero-order valence-corrected chi connectivity index (χ0v) is 21.8. The predicted octanol–water partition coefficient (Wildman–Crippen LogP) is 5.62. The maximum Gasteiger partial charge on any atom is 0.326 e. The lowest BCUT2D eigenvalue weighted by molar-refractivity contribution is -0.157. The van der Waals surface area contributed by atoms with Crippen LogP contribution in [0.3, 0.4) is 0 Å². The smallest absolute Gasteiger partial charge is 0.326 e. The number of hydrogen-bond donors (Lipinski definition) is 2. The highest BCUT2D eigenvalue weighted by Crippen LogP contribution is 2.36. The Hall–Kier alpha value is -3.41. The average Bonchev–Trinajstić information content (AvgIpc) is 3.14. The molecule has 6 heteroatoms. The molecule has 3 rings (SSSR count). The van der Waals surface area contributed by atoms with Crippen LogP contribution in [-0.2, 0) is 25.5 Å². The van der Waals surface area contributed by atoms with E-state index in [1.54, 1.807) is 20.8 Å². The topological polar surface area (TPSA) is 92.7 Å². The summed E-state index contributed by atoms with van der Waals surface area (Å²) in [5.74, 6) is -2.65. The van der Waals surface area contributed by atoms with Gasteiger partial charge in [-0.25, -0.2) is 4.79 Å². The van der Waals surface area contributed by atoms with Gasteiger partial charge in [-0.05, 0) is 73.8 Å². The van der Waals surface area contributed by atoms with Crippen LogP contribution in [0.1, 0.15) is 70.6 Å². The molecule has 192 valence electrons. The molecule has 0 saturated carbocycles. The van der Waals surface area contributed by atoms with Gasteiger partial charge in [0.2, 0.25) is 5.91 Å². The van der Waals surface area contributed by atoms with Crippen molar-refractivity contribution >= 4 is 23.9 Å². The molecule has 6 nitrogen and oxygen atoms in total. The summed E-state index contributed by atoms with van der Waals surface area (Å²) in [5, 5.41) is 12.2. The van der Waals surface area contributed by atoms with Gasteiger partial charge in [0.15, 0.2) is 0 Å². The van der Waals surface area contributed by atoms with Crippen molar-refractivity contribution in [3.05, 3.63) is 65.2 Å². The zero-order valence-electron chi connectivity index (χ0n) is 21.8. The second-order valence-corrected chi connectivity index (χ2v) is 10.9. The van der Waals surface area contributed by atoms with Crippen molar-refractivity contribution in [2.45, 2.75) is 71.9 Å². The minimum atomic E-state index is -1.08. The first-order valence-electron chi connectivity index (χ1n) is 12.6. The molecule has 2 aromatic rings. The van der Waals surface area contributed by atoms with Crippen molar-refractivity contribution in [1.82, 2.24) is 5.32 Å². The lowest BCUT2D eigenvalue weighted by Gasteiger charge is -2.23. The van der Waals surface area contributed by atoms with Gasteiger partial charge in [-0.15, -0.1) is 0 Å². The quantitative estimate of drug-likeness (QED) is 0.359. The number of esters is 1. The molecule has 0 spiro atoms. The molecule has 0 aliphatic heterocycles. The van der Waals surface area contributed by atoms with E-state index in [9.17, 15) is 19.5 Å². The molecular formula is C30H37NO5. The fraction of sp³-hybridized carbons (Fsp3) is 0.433. The van der Waals surface area contributed by atoms with Crippen LogP contribution in [0.15, 0.2) is 48.5 Å². The molecule has 0 bridgehead atoms. The molecule has 1 aliphatic rings. The Kier molecular flexibility index (Phi) is 8.72. The number of ether oxygens (including phenoxy) is 1. The number of fused-ring (bicyclic) bond motifs is 3. The number of rotatable bonds is 10. The van der Waals surface area contributed by atoms with E-state index >= 15 is 0 Å². The Labute approximate surface area is 213 Å². The van der Waals surface area contributed by atoms with Crippen LogP contribution in [-0.4, -0.2) is 34.6 Å². The van der Waals surface area contributed by atoms with E-state index in [4.69, 9.17) is 4.74 Å². The summed E-state index contributed by atoms with van der Waals surface area (Å²) in [6.45, 7) is 9.12. The Morgan fingerprint density at radius 3 is 2.42 bits per heavy atom. The summed E-state index contributed by atoms with van der Waals surface area (Å²) in [7, 11) is 0. The van der Waals surface area contributed by atoms with Crippen molar-refractivity contribution in [3.63, 3.8) is 0 Å². The molecule has 2 N–H and O–H groups in total. The summed E-state index contributed by atoms with van der Waals surface area (Å²) >= 11 is 0. The van der Waals surface area contributed by atoms with E-state index in [0.717, 1.165) is 12.0 Å². The van der Waals surface area contributed by atoms with Crippen LogP contribution in [0.25, 0.3) is 17.2 Å². The van der Waals surface area contributed by atoms with Crippen molar-refractivity contribution < 1.29 is 24.2 Å². The summed E-state index contributed by atoms with van der Waals surface area (Å²) in [6, 6.07) is 13.7. The summed E-state index contributed by atoms with van der Waals surface area (Å²) in [6.07, 6.45) is 5.19. The van der Waals surface area contributed by atoms with Crippen molar-refractivity contribution in [2.75, 3.05) is 0 Å². The van der Waals surface area contributed by atoms with E-state index in [-0.39, 0.29) is 18.8 Å². The van der Waals surface area contributed by atoms with Gasteiger partial charge in [-0.1, -0.05) is 68.5 Å². The number of carbonyl (C=O) groups is 3. The molecular weight excluding hydrogens is 454 g/mol. The Morgan fingerprint density at radius 2 is 1.75 bits per heavy atom. The first-order valence-corrected chi connectivity index (χ1v) is 12.6. The van der Waals surface area contributed by atoms with Gasteiger partial charge in [0.1, 0.15) is 11.6 Å². The molecule has 1 aliphatic carbocycles. The minimum Gasteiger partial charge on any atom is -0.480 e. The van der Waals surface area contributed by atoms with Gasteiger partial charge in [0.05, 0.1) is 12.3 Å². The van der Waals surface area contributed by atoms with Crippen molar-refractivity contribution in [2.24, 2.45) is 11.8 Å². The lowest BCUT2D eigenvalue weighted by Crippen LogP contribution is -2.45. The molecule has 0 heterocycles. The molecule has 0 unspecified atom stereocenters. The molecule has 0 aromatic heterocycles. The zero-order chi connectivity index (χ0) is 26.5. The molecule has 1 amide bonds. The molecule has 36 heavy (non-hydrogen) atoms. The summed E-state index contributed by atoms with van der Waals surface area (Å²) < 4.78 is 5.42. The standard InChI is InChI=1S/C30H37NO5/c1-19(2)15-26(29(34)35)31-28(33)22(18-27(32)36-30(3,4)5)11-8-9-20-13-14-25-23(16-20)17-21-10-6-7-12-24(21)25/h6-10,12-14,16,19,22,26H,11,15,17-18H2,1-5H3,(H,31,33)(H,34,35)/t22-,26+/m1/s1. The number of carboxylic acids is 1. The third-order valence-electron chi connectivity index (χ3n) is 6.07. The SMILES string of the molecule is CC(C)C[C@H](NC(=O)[C@H](CC=Cc1ccc2c(c1)Cc1ccccc1-2)CC(=O)OC(C)(C)C)C(=O)O. The van der Waals surface area contributed by atoms with Gasteiger partial charge in [0.25, 0.3) is 0 Å². The van der Waals surface area contributed by atoms with E-state index in [1.165, 1.54) is 22.3 Å². The van der Waals surface area contributed by atoms with Gasteiger partial charge in [0, 0.05) is 0 Å². The molecule has 0 fully saturated rings. The first kappa shape index (κ1) is 27.2. The maximum absolute atomic E-state index is 13.0. The number of amides is 1. The third kappa shape index (κ3) is 7.54. The number of allylic oxidation sites excluding steroid dienone is 1. The van der Waals surface area contributed by atoms with Gasteiger partial charge >= 0.3 is 11.9 Å². The largest absolute Gasteiger partial charge is 0.480 e. The Morgan fingerprint density at radius 1 is 1.06 bits per heavy atom. The normalized spacial score (nSPS) is 14.3. The van der Waals surface area contributed by atoms with Crippen LogP contribution in [0.2, 0.25) is 0 Å². The number of aliphatic carboxylic acids is 1. The third-order valence-corrected chi connectivity index (χ3v) is 6.07. The number of nitrogens with one attached hydrogen (secondary N) is 1. The molecule has 0 radical (unpaired) electrons. The van der Waals surface area contributed by atoms with Crippen molar-refractivity contribution in [3.8, 4) is 11.1 Å². The highest BCUT2D eigenvalue weighted by atomic mass is 16.6. The second-order valence-electron chi connectivity index (χ2n) is 10.9. The summed E-state index contributed by atoms with van der Waals surface area (Å²) in [5.41, 5.74) is 5.44. The van der Waals surface area contributed by atoms with Gasteiger partial charge in [-0.3, -0.25) is 9.59 Å². The van der Waals surface area contributed by atoms with Gasteiger partial charge < -0.3 is 15.2 Å². The highest BCUT2D eigenvalue weighted by Gasteiger charge is 2.28. The van der Waals surface area contributed by atoms with E-state index in [2.05, 4.69) is 35.6 Å². The average molecular weight is 492 g/mol. The number of carbonyl (C=O) groups excluding carboxylic acids is 2. The molecule has 0 saturated heterocycles. The van der Waals surface area contributed by atoms with Crippen molar-refractivity contribution in [1.29, 1.82) is 0 Å².